The maximum atomic E-state index is 4.48. The van der Waals surface area contributed by atoms with Gasteiger partial charge in [-0.15, -0.1) is 0 Å². The summed E-state index contributed by atoms with van der Waals surface area (Å²) in [5.74, 6) is 1.81. The third-order valence-electron chi connectivity index (χ3n) is 2.78. The first-order chi connectivity index (χ1) is 9.65. The number of hydrogen-bond acceptors (Lipinski definition) is 6. The Balaban J connectivity index is 2.46. The van der Waals surface area contributed by atoms with Crippen LogP contribution in [0.1, 0.15) is 26.2 Å². The van der Waals surface area contributed by atoms with Crippen LogP contribution in [0.15, 0.2) is 11.2 Å². The Morgan fingerprint density at radius 3 is 2.30 bits per heavy atom. The number of thioether (sulfide) groups is 1. The molecule has 114 valence electrons. The van der Waals surface area contributed by atoms with Crippen molar-refractivity contribution in [2.45, 2.75) is 31.3 Å². The molecule has 1 rings (SSSR count). The molecule has 0 atom stereocenters. The highest BCUT2D eigenvalue weighted by molar-refractivity contribution is 7.98. The van der Waals surface area contributed by atoms with Gasteiger partial charge in [0.2, 0.25) is 0 Å². The summed E-state index contributed by atoms with van der Waals surface area (Å²) in [7, 11) is 4.21. The first-order valence-electron chi connectivity index (χ1n) is 7.21. The Hall–Kier alpha value is -1.01. The average molecular weight is 297 g/mol. The molecule has 0 amide bonds. The number of anilines is 2. The Morgan fingerprint density at radius 1 is 1.10 bits per heavy atom. The summed E-state index contributed by atoms with van der Waals surface area (Å²) in [6.07, 6.45) is 5.43. The molecule has 2 N–H and O–H groups in total. The van der Waals surface area contributed by atoms with Crippen molar-refractivity contribution >= 4 is 23.4 Å². The van der Waals surface area contributed by atoms with E-state index in [0.717, 1.165) is 49.3 Å². The van der Waals surface area contributed by atoms with Crippen LogP contribution in [-0.2, 0) is 0 Å². The predicted molar refractivity (Wildman–Crippen MR) is 88.9 cm³/mol. The minimum Gasteiger partial charge on any atom is -0.370 e. The van der Waals surface area contributed by atoms with Crippen molar-refractivity contribution in [3.05, 3.63) is 6.07 Å². The molecule has 5 nitrogen and oxygen atoms in total. The van der Waals surface area contributed by atoms with Crippen LogP contribution >= 0.6 is 11.8 Å². The van der Waals surface area contributed by atoms with Crippen LogP contribution in [-0.4, -0.2) is 54.9 Å². The van der Waals surface area contributed by atoms with E-state index < -0.39 is 0 Å². The molecule has 0 fully saturated rings. The highest BCUT2D eigenvalue weighted by Crippen LogP contribution is 2.17. The van der Waals surface area contributed by atoms with Crippen LogP contribution < -0.4 is 10.6 Å². The zero-order valence-corrected chi connectivity index (χ0v) is 13.9. The second-order valence-electron chi connectivity index (χ2n) is 4.99. The van der Waals surface area contributed by atoms with Crippen LogP contribution in [0.2, 0.25) is 0 Å². The van der Waals surface area contributed by atoms with Gasteiger partial charge in [0.05, 0.1) is 0 Å². The van der Waals surface area contributed by atoms with Crippen molar-refractivity contribution in [2.24, 2.45) is 0 Å². The van der Waals surface area contributed by atoms with Gasteiger partial charge in [0, 0.05) is 19.2 Å². The molecule has 0 unspecified atom stereocenters. The summed E-state index contributed by atoms with van der Waals surface area (Å²) >= 11 is 1.57. The maximum absolute atomic E-state index is 4.48. The zero-order valence-electron chi connectivity index (χ0n) is 13.1. The second kappa shape index (κ2) is 9.83. The smallest absolute Gasteiger partial charge is 0.191 e. The molecule has 0 aliphatic carbocycles. The van der Waals surface area contributed by atoms with Crippen molar-refractivity contribution in [2.75, 3.05) is 50.6 Å². The van der Waals surface area contributed by atoms with E-state index >= 15 is 0 Å². The number of nitrogens with one attached hydrogen (secondary N) is 2. The molecule has 0 saturated heterocycles. The SMILES string of the molecule is CCCNc1cc(NCCCCN(C)C)nc(SC)n1. The summed E-state index contributed by atoms with van der Waals surface area (Å²) in [6, 6.07) is 1.99. The molecule has 1 aromatic rings. The molecular formula is C14H27N5S. The lowest BCUT2D eigenvalue weighted by atomic mass is 10.3. The predicted octanol–water partition coefficient (Wildman–Crippen LogP) is 2.77. The Morgan fingerprint density at radius 2 is 1.75 bits per heavy atom. The normalized spacial score (nSPS) is 10.8. The molecular weight excluding hydrogens is 270 g/mol. The van der Waals surface area contributed by atoms with Crippen molar-refractivity contribution < 1.29 is 0 Å². The van der Waals surface area contributed by atoms with Crippen LogP contribution in [0.4, 0.5) is 11.6 Å². The molecule has 1 heterocycles. The first-order valence-corrected chi connectivity index (χ1v) is 8.43. The van der Waals surface area contributed by atoms with Gasteiger partial charge in [0.15, 0.2) is 5.16 Å². The van der Waals surface area contributed by atoms with E-state index in [4.69, 9.17) is 0 Å². The molecule has 0 aromatic carbocycles. The van der Waals surface area contributed by atoms with Gasteiger partial charge in [0.1, 0.15) is 11.6 Å². The van der Waals surface area contributed by atoms with Gasteiger partial charge in [-0.1, -0.05) is 18.7 Å². The van der Waals surface area contributed by atoms with Crippen molar-refractivity contribution in [3.8, 4) is 0 Å². The lowest BCUT2D eigenvalue weighted by Gasteiger charge is -2.11. The van der Waals surface area contributed by atoms with Gasteiger partial charge in [-0.3, -0.25) is 0 Å². The van der Waals surface area contributed by atoms with Gasteiger partial charge < -0.3 is 15.5 Å². The molecule has 0 saturated carbocycles. The summed E-state index contributed by atoms with van der Waals surface area (Å²) < 4.78 is 0. The average Bonchev–Trinajstić information content (AvgIpc) is 2.44. The Labute approximate surface area is 127 Å². The third-order valence-corrected chi connectivity index (χ3v) is 3.33. The fraction of sp³-hybridized carbons (Fsp3) is 0.714. The molecule has 0 aliphatic rings. The van der Waals surface area contributed by atoms with E-state index in [2.05, 4.69) is 46.5 Å². The Bertz CT molecular complexity index is 384. The maximum Gasteiger partial charge on any atom is 0.191 e. The molecule has 1 aromatic heterocycles. The van der Waals surface area contributed by atoms with E-state index in [1.54, 1.807) is 11.8 Å². The molecule has 0 aliphatic heterocycles. The fourth-order valence-corrected chi connectivity index (χ4v) is 2.10. The van der Waals surface area contributed by atoms with E-state index in [9.17, 15) is 0 Å². The van der Waals surface area contributed by atoms with E-state index in [0.29, 0.717) is 0 Å². The summed E-state index contributed by atoms with van der Waals surface area (Å²) in [5, 5.41) is 7.51. The van der Waals surface area contributed by atoms with Gasteiger partial charge >= 0.3 is 0 Å². The number of rotatable bonds is 10. The van der Waals surface area contributed by atoms with Crippen molar-refractivity contribution in [1.82, 2.24) is 14.9 Å². The summed E-state index contributed by atoms with van der Waals surface area (Å²) in [6.45, 7) is 5.16. The molecule has 6 heteroatoms. The van der Waals surface area contributed by atoms with E-state index in [-0.39, 0.29) is 0 Å². The minimum atomic E-state index is 0.807. The lowest BCUT2D eigenvalue weighted by molar-refractivity contribution is 0.396. The Kier molecular flexibility index (Phi) is 8.37. The minimum absolute atomic E-state index is 0.807. The van der Waals surface area contributed by atoms with Gasteiger partial charge in [-0.25, -0.2) is 9.97 Å². The van der Waals surface area contributed by atoms with Gasteiger partial charge in [0.25, 0.3) is 0 Å². The molecule has 0 bridgehead atoms. The topological polar surface area (TPSA) is 53.1 Å². The number of aromatic nitrogens is 2. The zero-order chi connectivity index (χ0) is 14.8. The van der Waals surface area contributed by atoms with Crippen LogP contribution in [0, 0.1) is 0 Å². The molecule has 0 spiro atoms. The van der Waals surface area contributed by atoms with E-state index in [1.165, 1.54) is 6.42 Å². The monoisotopic (exact) mass is 297 g/mol. The fourth-order valence-electron chi connectivity index (χ4n) is 1.72. The lowest BCUT2D eigenvalue weighted by Crippen LogP contribution is -2.14. The highest BCUT2D eigenvalue weighted by atomic mass is 32.2. The number of unbranched alkanes of at least 4 members (excludes halogenated alkanes) is 1. The second-order valence-corrected chi connectivity index (χ2v) is 5.76. The first kappa shape index (κ1) is 17.0. The standard InChI is InChI=1S/C14H27N5S/c1-5-8-15-12-11-13(18-14(17-12)20-4)16-9-6-7-10-19(2)3/h11H,5-10H2,1-4H3,(H2,15,16,17,18). The highest BCUT2D eigenvalue weighted by Gasteiger charge is 2.03. The van der Waals surface area contributed by atoms with Gasteiger partial charge in [-0.2, -0.15) is 0 Å². The van der Waals surface area contributed by atoms with Crippen LogP contribution in [0.5, 0.6) is 0 Å². The summed E-state index contributed by atoms with van der Waals surface area (Å²) in [5.41, 5.74) is 0. The van der Waals surface area contributed by atoms with Gasteiger partial charge in [-0.05, 0) is 46.2 Å². The number of nitrogens with zero attached hydrogens (tertiary/aromatic N) is 3. The number of hydrogen-bond donors (Lipinski definition) is 2. The van der Waals surface area contributed by atoms with Crippen molar-refractivity contribution in [1.29, 1.82) is 0 Å². The largest absolute Gasteiger partial charge is 0.370 e. The van der Waals surface area contributed by atoms with Crippen LogP contribution in [0.25, 0.3) is 0 Å². The van der Waals surface area contributed by atoms with E-state index in [1.807, 2.05) is 12.3 Å². The third kappa shape index (κ3) is 6.96. The summed E-state index contributed by atoms with van der Waals surface area (Å²) in [4.78, 5) is 11.1. The van der Waals surface area contributed by atoms with Crippen LogP contribution in [0.3, 0.4) is 0 Å². The van der Waals surface area contributed by atoms with Crippen molar-refractivity contribution in [3.63, 3.8) is 0 Å². The molecule has 0 radical (unpaired) electrons. The molecule has 20 heavy (non-hydrogen) atoms. The quantitative estimate of drug-likeness (QED) is 0.393.